The number of methoxy groups -OCH3 is 1. The van der Waals surface area contributed by atoms with E-state index in [1.807, 2.05) is 11.8 Å². The molecule has 0 N–H and O–H groups in total. The van der Waals surface area contributed by atoms with Crippen LogP contribution in [-0.4, -0.2) is 48.1 Å². The first kappa shape index (κ1) is 11.3. The molecule has 86 valence electrons. The van der Waals surface area contributed by atoms with Crippen molar-refractivity contribution in [2.45, 2.75) is 43.0 Å². The van der Waals surface area contributed by atoms with Gasteiger partial charge < -0.3 is 4.74 Å². The van der Waals surface area contributed by atoms with Crippen LogP contribution in [0.2, 0.25) is 0 Å². The zero-order valence-corrected chi connectivity index (χ0v) is 10.3. The van der Waals surface area contributed by atoms with Crippen LogP contribution in [0.1, 0.15) is 25.7 Å². The van der Waals surface area contributed by atoms with Gasteiger partial charge in [-0.1, -0.05) is 0 Å². The van der Waals surface area contributed by atoms with E-state index in [0.29, 0.717) is 6.04 Å². The highest BCUT2D eigenvalue weighted by atomic mass is 32.2. The molecule has 0 aromatic heterocycles. The topological polar surface area (TPSA) is 29.5 Å². The third-order valence-electron chi connectivity index (χ3n) is 3.69. The highest BCUT2D eigenvalue weighted by molar-refractivity contribution is 7.99. The largest absolute Gasteiger partial charge is 0.468 e. The van der Waals surface area contributed by atoms with Crippen molar-refractivity contribution in [2.75, 3.05) is 19.9 Å². The van der Waals surface area contributed by atoms with Crippen molar-refractivity contribution in [3.05, 3.63) is 0 Å². The summed E-state index contributed by atoms with van der Waals surface area (Å²) < 4.78 is 4.81. The number of ether oxygens (including phenoxy) is 1. The Morgan fingerprint density at radius 3 is 2.67 bits per heavy atom. The molecule has 3 atom stereocenters. The van der Waals surface area contributed by atoms with Gasteiger partial charge in [0.1, 0.15) is 6.04 Å². The minimum absolute atomic E-state index is 0.0474. The monoisotopic (exact) mass is 229 g/mol. The molecule has 0 amide bonds. The second-order valence-corrected chi connectivity index (χ2v) is 5.53. The van der Waals surface area contributed by atoms with Crippen LogP contribution in [-0.2, 0) is 9.53 Å². The van der Waals surface area contributed by atoms with Gasteiger partial charge in [-0.2, -0.15) is 11.8 Å². The maximum atomic E-state index is 11.4. The predicted molar refractivity (Wildman–Crippen MR) is 62.1 cm³/mol. The van der Waals surface area contributed by atoms with Crippen LogP contribution < -0.4 is 0 Å². The molecule has 0 aromatic rings. The fraction of sp³-hybridized carbons (Fsp3) is 0.909. The summed E-state index contributed by atoms with van der Waals surface area (Å²) >= 11 is 1.96. The molecule has 1 aliphatic carbocycles. The molecule has 0 radical (unpaired) electrons. The van der Waals surface area contributed by atoms with Gasteiger partial charge >= 0.3 is 5.97 Å². The Morgan fingerprint density at radius 2 is 2.20 bits per heavy atom. The smallest absolute Gasteiger partial charge is 0.323 e. The zero-order valence-electron chi connectivity index (χ0n) is 9.44. The van der Waals surface area contributed by atoms with E-state index in [-0.39, 0.29) is 12.0 Å². The summed E-state index contributed by atoms with van der Waals surface area (Å²) in [5.74, 6) is -0.0474. The Balaban J connectivity index is 1.87. The van der Waals surface area contributed by atoms with Crippen LogP contribution in [0.25, 0.3) is 0 Å². The quantitative estimate of drug-likeness (QED) is 0.686. The van der Waals surface area contributed by atoms with E-state index < -0.39 is 0 Å². The van der Waals surface area contributed by atoms with Gasteiger partial charge in [0, 0.05) is 17.8 Å². The number of carbonyl (C=O) groups is 1. The van der Waals surface area contributed by atoms with E-state index in [0.717, 1.165) is 18.2 Å². The van der Waals surface area contributed by atoms with Crippen molar-refractivity contribution in [1.29, 1.82) is 0 Å². The average molecular weight is 229 g/mol. The zero-order chi connectivity index (χ0) is 10.8. The Kier molecular flexibility index (Phi) is 3.57. The first-order chi connectivity index (χ1) is 7.26. The average Bonchev–Trinajstić information content (AvgIpc) is 2.64. The summed E-state index contributed by atoms with van der Waals surface area (Å²) in [6, 6.07) is 0.681. The molecule has 1 aliphatic heterocycles. The van der Waals surface area contributed by atoms with Crippen molar-refractivity contribution in [2.24, 2.45) is 0 Å². The van der Waals surface area contributed by atoms with Crippen molar-refractivity contribution in [1.82, 2.24) is 4.90 Å². The lowest BCUT2D eigenvalue weighted by molar-refractivity contribution is -0.153. The van der Waals surface area contributed by atoms with E-state index in [9.17, 15) is 4.79 Å². The number of hydrogen-bond acceptors (Lipinski definition) is 4. The molecule has 2 fully saturated rings. The van der Waals surface area contributed by atoms with Gasteiger partial charge in [-0.05, 0) is 31.9 Å². The lowest BCUT2D eigenvalue weighted by Gasteiger charge is -2.43. The van der Waals surface area contributed by atoms with Crippen LogP contribution in [0.4, 0.5) is 0 Å². The lowest BCUT2D eigenvalue weighted by Crippen LogP contribution is -2.56. The van der Waals surface area contributed by atoms with Crippen molar-refractivity contribution < 1.29 is 9.53 Å². The molecule has 3 nitrogen and oxygen atoms in total. The predicted octanol–water partition coefficient (Wildman–Crippen LogP) is 1.52. The van der Waals surface area contributed by atoms with E-state index in [1.165, 1.54) is 26.4 Å². The molecular formula is C11H19NO2S. The van der Waals surface area contributed by atoms with E-state index in [2.05, 4.69) is 11.2 Å². The molecule has 2 aliphatic rings. The number of hydrogen-bond donors (Lipinski definition) is 0. The van der Waals surface area contributed by atoms with Crippen LogP contribution in [0.5, 0.6) is 0 Å². The SMILES string of the molecule is COC(=O)C1CCN1C1CCC(SC)C1. The molecule has 1 saturated heterocycles. The number of carbonyl (C=O) groups excluding carboxylic acids is 1. The first-order valence-electron chi connectivity index (χ1n) is 5.62. The number of nitrogens with zero attached hydrogens (tertiary/aromatic N) is 1. The summed E-state index contributed by atoms with van der Waals surface area (Å²) in [5.41, 5.74) is 0. The van der Waals surface area contributed by atoms with Crippen LogP contribution in [0.3, 0.4) is 0 Å². The second-order valence-electron chi connectivity index (χ2n) is 4.39. The number of likely N-dealkylation sites (tertiary alicyclic amines) is 1. The summed E-state index contributed by atoms with van der Waals surface area (Å²) in [4.78, 5) is 13.8. The van der Waals surface area contributed by atoms with E-state index >= 15 is 0 Å². The molecule has 0 bridgehead atoms. The molecule has 1 heterocycles. The van der Waals surface area contributed by atoms with Gasteiger partial charge in [0.25, 0.3) is 0 Å². The summed E-state index contributed by atoms with van der Waals surface area (Å²) in [7, 11) is 1.48. The van der Waals surface area contributed by atoms with Gasteiger partial charge in [0.05, 0.1) is 7.11 Å². The second kappa shape index (κ2) is 4.74. The minimum atomic E-state index is -0.0474. The normalized spacial score (nSPS) is 36.3. The Hall–Kier alpha value is -0.220. The van der Waals surface area contributed by atoms with Crippen LogP contribution >= 0.6 is 11.8 Å². The fourth-order valence-corrected chi connectivity index (χ4v) is 3.45. The molecule has 0 spiro atoms. The van der Waals surface area contributed by atoms with Gasteiger partial charge in [-0.15, -0.1) is 0 Å². The van der Waals surface area contributed by atoms with E-state index in [1.54, 1.807) is 0 Å². The van der Waals surface area contributed by atoms with Gasteiger partial charge in [0.2, 0.25) is 0 Å². The van der Waals surface area contributed by atoms with Crippen LogP contribution in [0, 0.1) is 0 Å². The summed E-state index contributed by atoms with van der Waals surface area (Å²) in [6.45, 7) is 1.07. The maximum Gasteiger partial charge on any atom is 0.323 e. The molecular weight excluding hydrogens is 210 g/mol. The van der Waals surface area contributed by atoms with Gasteiger partial charge in [0.15, 0.2) is 0 Å². The summed E-state index contributed by atoms with van der Waals surface area (Å²) in [5, 5.41) is 0.800. The standard InChI is InChI=1S/C11H19NO2S/c1-14-11(13)10-5-6-12(10)8-3-4-9(7-8)15-2/h8-10H,3-7H2,1-2H3. The highest BCUT2D eigenvalue weighted by Crippen LogP contribution is 2.35. The minimum Gasteiger partial charge on any atom is -0.468 e. The fourth-order valence-electron chi connectivity index (χ4n) is 2.67. The first-order valence-corrected chi connectivity index (χ1v) is 6.91. The van der Waals surface area contributed by atoms with Crippen molar-refractivity contribution in [3.63, 3.8) is 0 Å². The lowest BCUT2D eigenvalue weighted by atomic mass is 9.99. The Bertz CT molecular complexity index is 247. The van der Waals surface area contributed by atoms with Crippen molar-refractivity contribution >= 4 is 17.7 Å². The molecule has 15 heavy (non-hydrogen) atoms. The number of esters is 1. The molecule has 2 rings (SSSR count). The molecule has 1 saturated carbocycles. The molecule has 4 heteroatoms. The van der Waals surface area contributed by atoms with E-state index in [4.69, 9.17) is 4.74 Å². The van der Waals surface area contributed by atoms with Gasteiger partial charge in [-0.25, -0.2) is 0 Å². The Morgan fingerprint density at radius 1 is 1.40 bits per heavy atom. The van der Waals surface area contributed by atoms with Gasteiger partial charge in [-0.3, -0.25) is 9.69 Å². The number of thioether (sulfide) groups is 1. The van der Waals surface area contributed by atoms with Crippen LogP contribution in [0.15, 0.2) is 0 Å². The van der Waals surface area contributed by atoms with Crippen molar-refractivity contribution in [3.8, 4) is 0 Å². The third kappa shape index (κ3) is 2.16. The summed E-state index contributed by atoms with van der Waals surface area (Å²) in [6.07, 6.45) is 6.96. The molecule has 3 unspecified atom stereocenters. The Labute approximate surface area is 95.5 Å². The number of rotatable bonds is 3. The maximum absolute atomic E-state index is 11.4. The highest BCUT2D eigenvalue weighted by Gasteiger charge is 2.41. The molecule has 0 aromatic carbocycles. The third-order valence-corrected chi connectivity index (χ3v) is 4.79.